The van der Waals surface area contributed by atoms with E-state index >= 15 is 0 Å². The van der Waals surface area contributed by atoms with Crippen molar-refractivity contribution < 1.29 is 0 Å². The number of nitrogens with zero attached hydrogens (tertiary/aromatic N) is 3. The van der Waals surface area contributed by atoms with E-state index < -0.39 is 0 Å². The van der Waals surface area contributed by atoms with Crippen molar-refractivity contribution in [3.05, 3.63) is 29.0 Å². The molecule has 4 heterocycles. The summed E-state index contributed by atoms with van der Waals surface area (Å²) in [7, 11) is 0. The Bertz CT molecular complexity index is 644. The average molecular weight is 310 g/mol. The molecular weight excluding hydrogens is 293 g/mol. The number of piperidine rings is 3. The molecule has 5 heteroatoms. The van der Waals surface area contributed by atoms with Crippen LogP contribution in [-0.4, -0.2) is 34.1 Å². The highest BCUT2D eigenvalue weighted by molar-refractivity contribution is 6.35. The molecule has 3 saturated heterocycles. The maximum atomic E-state index is 6.44. The lowest BCUT2D eigenvalue weighted by Crippen LogP contribution is -2.48. The van der Waals surface area contributed by atoms with Crippen molar-refractivity contribution in [3.8, 4) is 0 Å². The van der Waals surface area contributed by atoms with Crippen LogP contribution in [-0.2, 0) is 5.88 Å². The summed E-state index contributed by atoms with van der Waals surface area (Å²) in [4.78, 5) is 7.23. The summed E-state index contributed by atoms with van der Waals surface area (Å²) in [5.41, 5.74) is 2.02. The molecule has 0 spiro atoms. The minimum Gasteiger partial charge on any atom is -0.321 e. The van der Waals surface area contributed by atoms with E-state index in [1.165, 1.54) is 25.9 Å². The van der Waals surface area contributed by atoms with Gasteiger partial charge in [0.05, 0.1) is 28.0 Å². The lowest BCUT2D eigenvalue weighted by Gasteiger charge is -2.45. The quantitative estimate of drug-likeness (QED) is 0.789. The van der Waals surface area contributed by atoms with Crippen molar-refractivity contribution in [1.29, 1.82) is 0 Å². The number of rotatable bonds is 2. The predicted octanol–water partition coefficient (Wildman–Crippen LogP) is 3.70. The molecule has 3 aliphatic heterocycles. The highest BCUT2D eigenvalue weighted by Gasteiger charge is 2.37. The van der Waals surface area contributed by atoms with Crippen LogP contribution in [0.1, 0.15) is 24.7 Å². The van der Waals surface area contributed by atoms with Crippen LogP contribution in [0, 0.1) is 5.92 Å². The standard InChI is InChI=1S/C15H17Cl2N3/c16-8-14-18-12-3-1-2-11(17)15(12)20(14)13-9-19-6-4-10(13)5-7-19/h1-3,10,13H,4-9H2. The maximum absolute atomic E-state index is 6.44. The predicted molar refractivity (Wildman–Crippen MR) is 82.5 cm³/mol. The lowest BCUT2D eigenvalue weighted by atomic mass is 9.83. The largest absolute Gasteiger partial charge is 0.321 e. The molecule has 3 aliphatic rings. The van der Waals surface area contributed by atoms with Crippen LogP contribution in [0.3, 0.4) is 0 Å². The van der Waals surface area contributed by atoms with Gasteiger partial charge in [0.15, 0.2) is 0 Å². The molecule has 1 unspecified atom stereocenters. The second kappa shape index (κ2) is 4.90. The van der Waals surface area contributed by atoms with Gasteiger partial charge in [-0.2, -0.15) is 0 Å². The zero-order valence-corrected chi connectivity index (χ0v) is 12.7. The molecule has 0 saturated carbocycles. The zero-order chi connectivity index (χ0) is 13.7. The monoisotopic (exact) mass is 309 g/mol. The topological polar surface area (TPSA) is 21.1 Å². The number of fused-ring (bicyclic) bond motifs is 4. The zero-order valence-electron chi connectivity index (χ0n) is 11.2. The Morgan fingerprint density at radius 3 is 2.70 bits per heavy atom. The van der Waals surface area contributed by atoms with Crippen molar-refractivity contribution >= 4 is 34.2 Å². The van der Waals surface area contributed by atoms with Gasteiger partial charge >= 0.3 is 0 Å². The van der Waals surface area contributed by atoms with Gasteiger partial charge in [0, 0.05) is 6.54 Å². The molecule has 1 atom stereocenters. The van der Waals surface area contributed by atoms with Gasteiger partial charge in [0.25, 0.3) is 0 Å². The molecule has 3 nitrogen and oxygen atoms in total. The summed E-state index contributed by atoms with van der Waals surface area (Å²) >= 11 is 12.6. The summed E-state index contributed by atoms with van der Waals surface area (Å²) in [6, 6.07) is 6.39. The smallest absolute Gasteiger partial charge is 0.125 e. The summed E-state index contributed by atoms with van der Waals surface area (Å²) in [5, 5.41) is 0.780. The number of hydrogen-bond donors (Lipinski definition) is 0. The van der Waals surface area contributed by atoms with Crippen LogP contribution in [0.5, 0.6) is 0 Å². The van der Waals surface area contributed by atoms with Crippen molar-refractivity contribution in [3.63, 3.8) is 0 Å². The highest BCUT2D eigenvalue weighted by atomic mass is 35.5. The fraction of sp³-hybridized carbons (Fsp3) is 0.533. The van der Waals surface area contributed by atoms with Crippen LogP contribution in [0.4, 0.5) is 0 Å². The third-order valence-electron chi connectivity index (χ3n) is 4.81. The average Bonchev–Trinajstić information content (AvgIpc) is 2.88. The molecule has 20 heavy (non-hydrogen) atoms. The van der Waals surface area contributed by atoms with Crippen LogP contribution in [0.15, 0.2) is 18.2 Å². The highest BCUT2D eigenvalue weighted by Crippen LogP contribution is 2.39. The molecule has 106 valence electrons. The summed E-state index contributed by atoms with van der Waals surface area (Å²) in [5.74, 6) is 2.12. The minimum atomic E-state index is 0.439. The van der Waals surface area contributed by atoms with Crippen molar-refractivity contribution in [2.75, 3.05) is 19.6 Å². The van der Waals surface area contributed by atoms with Gasteiger partial charge in [-0.1, -0.05) is 17.7 Å². The van der Waals surface area contributed by atoms with Gasteiger partial charge in [0.2, 0.25) is 0 Å². The van der Waals surface area contributed by atoms with Crippen LogP contribution in [0.2, 0.25) is 5.02 Å². The molecule has 1 aromatic carbocycles. The molecule has 5 rings (SSSR count). The van der Waals surface area contributed by atoms with E-state index in [4.69, 9.17) is 23.2 Å². The first kappa shape index (κ1) is 12.9. The van der Waals surface area contributed by atoms with E-state index in [0.717, 1.165) is 34.3 Å². The number of hydrogen-bond acceptors (Lipinski definition) is 2. The molecule has 2 bridgehead atoms. The molecule has 1 aromatic heterocycles. The first-order chi connectivity index (χ1) is 9.78. The van der Waals surface area contributed by atoms with Crippen molar-refractivity contribution in [1.82, 2.24) is 14.5 Å². The van der Waals surface area contributed by atoms with Gasteiger partial charge in [-0.25, -0.2) is 4.98 Å². The number of imidazole rings is 1. The summed E-state index contributed by atoms with van der Waals surface area (Å²) in [6.07, 6.45) is 2.55. The minimum absolute atomic E-state index is 0.439. The van der Waals surface area contributed by atoms with Gasteiger partial charge in [-0.15, -0.1) is 11.6 Å². The lowest BCUT2D eigenvalue weighted by molar-refractivity contribution is 0.0578. The fourth-order valence-electron chi connectivity index (χ4n) is 3.83. The van der Waals surface area contributed by atoms with E-state index in [-0.39, 0.29) is 0 Å². The number of aromatic nitrogens is 2. The van der Waals surface area contributed by atoms with E-state index in [9.17, 15) is 0 Å². The molecular formula is C15H17Cl2N3. The Labute approximate surface area is 128 Å². The van der Waals surface area contributed by atoms with E-state index in [0.29, 0.717) is 11.9 Å². The Balaban J connectivity index is 1.89. The Kier molecular flexibility index (Phi) is 3.17. The second-order valence-corrected chi connectivity index (χ2v) is 6.52. The van der Waals surface area contributed by atoms with Gasteiger partial charge in [-0.3, -0.25) is 0 Å². The van der Waals surface area contributed by atoms with Gasteiger partial charge < -0.3 is 9.47 Å². The third-order valence-corrected chi connectivity index (χ3v) is 5.35. The summed E-state index contributed by atoms with van der Waals surface area (Å²) in [6.45, 7) is 3.57. The molecule has 0 radical (unpaired) electrons. The molecule has 0 aliphatic carbocycles. The first-order valence-corrected chi connectivity index (χ1v) is 8.13. The fourth-order valence-corrected chi connectivity index (χ4v) is 4.28. The van der Waals surface area contributed by atoms with Gasteiger partial charge in [0.1, 0.15) is 5.82 Å². The van der Waals surface area contributed by atoms with Crippen molar-refractivity contribution in [2.24, 2.45) is 5.92 Å². The van der Waals surface area contributed by atoms with E-state index in [1.54, 1.807) is 0 Å². The number of benzene rings is 1. The van der Waals surface area contributed by atoms with E-state index in [1.807, 2.05) is 18.2 Å². The Morgan fingerprint density at radius 1 is 1.25 bits per heavy atom. The number of para-hydroxylation sites is 1. The maximum Gasteiger partial charge on any atom is 0.125 e. The van der Waals surface area contributed by atoms with E-state index in [2.05, 4.69) is 14.5 Å². The number of alkyl halides is 1. The van der Waals surface area contributed by atoms with Crippen molar-refractivity contribution in [2.45, 2.75) is 24.8 Å². The molecule has 0 amide bonds. The van der Waals surface area contributed by atoms with Crippen LogP contribution in [0.25, 0.3) is 11.0 Å². The Morgan fingerprint density at radius 2 is 2.05 bits per heavy atom. The second-order valence-electron chi connectivity index (χ2n) is 5.84. The molecule has 2 aromatic rings. The van der Waals surface area contributed by atoms with Crippen LogP contribution < -0.4 is 0 Å². The normalized spacial score (nSPS) is 29.2. The summed E-state index contributed by atoms with van der Waals surface area (Å²) < 4.78 is 2.32. The third kappa shape index (κ3) is 1.87. The number of halogens is 2. The Hall–Kier alpha value is -0.770. The first-order valence-electron chi connectivity index (χ1n) is 7.21. The van der Waals surface area contributed by atoms with Crippen LogP contribution >= 0.6 is 23.2 Å². The SMILES string of the molecule is ClCc1nc2cccc(Cl)c2n1C1CN2CCC1CC2. The molecule has 3 fully saturated rings. The molecule has 0 N–H and O–H groups in total. The van der Waals surface area contributed by atoms with Gasteiger partial charge in [-0.05, 0) is 44.0 Å².